The van der Waals surface area contributed by atoms with Gasteiger partial charge in [-0.25, -0.2) is 0 Å². The molecule has 0 saturated heterocycles. The molecule has 1 rings (SSSR count). The highest BCUT2D eigenvalue weighted by atomic mass is 127. The van der Waals surface area contributed by atoms with Crippen molar-refractivity contribution in [2.24, 2.45) is 4.99 Å². The lowest BCUT2D eigenvalue weighted by atomic mass is 10.1. The molecule has 1 aromatic carbocycles. The van der Waals surface area contributed by atoms with E-state index in [-0.39, 0.29) is 24.0 Å². The summed E-state index contributed by atoms with van der Waals surface area (Å²) in [4.78, 5) is 6.44. The van der Waals surface area contributed by atoms with Crippen LogP contribution in [0.3, 0.4) is 0 Å². The largest absolute Gasteiger partial charge is 0.382 e. The zero-order valence-electron chi connectivity index (χ0n) is 15.9. The van der Waals surface area contributed by atoms with Crippen molar-refractivity contribution in [2.75, 3.05) is 54.6 Å². The molecule has 0 saturated carbocycles. The van der Waals surface area contributed by atoms with Crippen LogP contribution in [0, 0.1) is 0 Å². The van der Waals surface area contributed by atoms with Gasteiger partial charge in [0.1, 0.15) is 0 Å². The molecule has 0 bridgehead atoms. The van der Waals surface area contributed by atoms with Crippen LogP contribution in [0.5, 0.6) is 0 Å². The van der Waals surface area contributed by atoms with Crippen LogP contribution in [0.25, 0.3) is 0 Å². The monoisotopic (exact) mass is 464 g/mol. The minimum atomic E-state index is 0. The van der Waals surface area contributed by atoms with Crippen molar-refractivity contribution in [1.29, 1.82) is 0 Å². The van der Waals surface area contributed by atoms with Crippen molar-refractivity contribution >= 4 is 29.9 Å². The number of ether oxygens (including phenoxy) is 2. The van der Waals surface area contributed by atoms with E-state index >= 15 is 0 Å². The Bertz CT molecular complexity index is 484. The van der Waals surface area contributed by atoms with E-state index in [1.54, 1.807) is 14.2 Å². The lowest BCUT2D eigenvalue weighted by Gasteiger charge is -2.16. The zero-order valence-corrected chi connectivity index (χ0v) is 18.2. The highest BCUT2D eigenvalue weighted by Crippen LogP contribution is 2.10. The van der Waals surface area contributed by atoms with E-state index in [2.05, 4.69) is 58.9 Å². The van der Waals surface area contributed by atoms with Gasteiger partial charge < -0.3 is 25.0 Å². The number of hydrogen-bond donors (Lipinski definition) is 2. The molecule has 0 atom stereocenters. The Kier molecular flexibility index (Phi) is 14.8. The van der Waals surface area contributed by atoms with Crippen LogP contribution in [0.4, 0.5) is 0 Å². The van der Waals surface area contributed by atoms with Crippen LogP contribution < -0.4 is 10.6 Å². The number of halogens is 1. The van der Waals surface area contributed by atoms with Crippen LogP contribution in [-0.2, 0) is 22.6 Å². The van der Waals surface area contributed by atoms with E-state index in [0.29, 0.717) is 13.2 Å². The molecule has 0 aliphatic carbocycles. The van der Waals surface area contributed by atoms with Crippen molar-refractivity contribution in [3.63, 3.8) is 0 Å². The number of nitrogens with zero attached hydrogens (tertiary/aromatic N) is 2. The molecule has 1 aromatic rings. The number of rotatable bonds is 11. The molecule has 0 aromatic heterocycles. The number of aliphatic imine (C=N–C) groups is 1. The molecular formula is C18H33IN4O2. The average molecular weight is 464 g/mol. The molecule has 0 amide bonds. The van der Waals surface area contributed by atoms with Gasteiger partial charge in [0.2, 0.25) is 0 Å². The highest BCUT2D eigenvalue weighted by molar-refractivity contribution is 14.0. The molecule has 0 heterocycles. The van der Waals surface area contributed by atoms with Crippen molar-refractivity contribution in [2.45, 2.75) is 19.5 Å². The first-order valence-corrected chi connectivity index (χ1v) is 8.40. The summed E-state index contributed by atoms with van der Waals surface area (Å²) in [7, 11) is 7.63. The molecular weight excluding hydrogens is 431 g/mol. The number of benzene rings is 1. The second-order valence-electron chi connectivity index (χ2n) is 5.82. The minimum absolute atomic E-state index is 0. The summed E-state index contributed by atoms with van der Waals surface area (Å²) in [5.74, 6) is 0.812. The van der Waals surface area contributed by atoms with Gasteiger partial charge in [0.05, 0.1) is 13.2 Å². The van der Waals surface area contributed by atoms with Gasteiger partial charge in [0, 0.05) is 40.4 Å². The van der Waals surface area contributed by atoms with Gasteiger partial charge in [0.15, 0.2) is 5.96 Å². The Morgan fingerprint density at radius 1 is 1.08 bits per heavy atom. The Morgan fingerprint density at radius 2 is 1.80 bits per heavy atom. The molecule has 25 heavy (non-hydrogen) atoms. The molecule has 0 radical (unpaired) electrons. The van der Waals surface area contributed by atoms with Crippen molar-refractivity contribution in [3.05, 3.63) is 35.4 Å². The lowest BCUT2D eigenvalue weighted by molar-refractivity contribution is 0.0698. The Hall–Kier alpha value is -0.900. The molecule has 0 spiro atoms. The molecule has 144 valence electrons. The molecule has 0 aliphatic rings. The van der Waals surface area contributed by atoms with Gasteiger partial charge in [-0.05, 0) is 31.6 Å². The van der Waals surface area contributed by atoms with Crippen molar-refractivity contribution < 1.29 is 9.47 Å². The third-order valence-electron chi connectivity index (χ3n) is 3.46. The normalized spacial score (nSPS) is 11.3. The molecule has 6 nitrogen and oxygen atoms in total. The van der Waals surface area contributed by atoms with Crippen molar-refractivity contribution in [1.82, 2.24) is 15.5 Å². The summed E-state index contributed by atoms with van der Waals surface area (Å²) in [6.45, 7) is 4.52. The first kappa shape index (κ1) is 24.1. The molecule has 7 heteroatoms. The quantitative estimate of drug-likeness (QED) is 0.227. The summed E-state index contributed by atoms with van der Waals surface area (Å²) in [5, 5.41) is 6.68. The second-order valence-corrected chi connectivity index (χ2v) is 5.82. The van der Waals surface area contributed by atoms with E-state index in [4.69, 9.17) is 9.47 Å². The third-order valence-corrected chi connectivity index (χ3v) is 3.46. The smallest absolute Gasteiger partial charge is 0.191 e. The predicted octanol–water partition coefficient (Wildman–Crippen LogP) is 2.08. The number of guanidine groups is 1. The van der Waals surface area contributed by atoms with Gasteiger partial charge in [-0.2, -0.15) is 0 Å². The molecule has 0 aliphatic heterocycles. The standard InChI is InChI=1S/C18H32N4O2.HI/c1-19-18(20-10-7-11-24-13-12-23-4)21-14-16-8-5-6-9-17(16)15-22(2)3;/h5-6,8-9H,7,10-15H2,1-4H3,(H2,19,20,21);1H. The maximum Gasteiger partial charge on any atom is 0.191 e. The van der Waals surface area contributed by atoms with Crippen LogP contribution in [0.15, 0.2) is 29.3 Å². The van der Waals surface area contributed by atoms with Crippen LogP contribution >= 0.6 is 24.0 Å². The minimum Gasteiger partial charge on any atom is -0.382 e. The fourth-order valence-corrected chi connectivity index (χ4v) is 2.25. The van der Waals surface area contributed by atoms with Crippen molar-refractivity contribution in [3.8, 4) is 0 Å². The van der Waals surface area contributed by atoms with Gasteiger partial charge in [-0.3, -0.25) is 4.99 Å². The predicted molar refractivity (Wildman–Crippen MR) is 115 cm³/mol. The third kappa shape index (κ3) is 11.4. The maximum atomic E-state index is 5.44. The van der Waals surface area contributed by atoms with E-state index in [0.717, 1.165) is 38.6 Å². The van der Waals surface area contributed by atoms with Gasteiger partial charge in [-0.15, -0.1) is 24.0 Å². The molecule has 2 N–H and O–H groups in total. The number of hydrogen-bond acceptors (Lipinski definition) is 4. The Labute approximate surface area is 169 Å². The zero-order chi connectivity index (χ0) is 17.6. The summed E-state index contributed by atoms with van der Waals surface area (Å²) < 4.78 is 10.4. The first-order chi connectivity index (χ1) is 11.7. The second kappa shape index (κ2) is 15.4. The van der Waals surface area contributed by atoms with Crippen LogP contribution in [-0.4, -0.2) is 65.5 Å². The van der Waals surface area contributed by atoms with E-state index in [1.165, 1.54) is 11.1 Å². The number of nitrogens with one attached hydrogen (secondary N) is 2. The fourth-order valence-electron chi connectivity index (χ4n) is 2.25. The van der Waals surface area contributed by atoms with Gasteiger partial charge in [-0.1, -0.05) is 24.3 Å². The highest BCUT2D eigenvalue weighted by Gasteiger charge is 2.04. The van der Waals surface area contributed by atoms with E-state index in [1.807, 2.05) is 0 Å². The van der Waals surface area contributed by atoms with Crippen LogP contribution in [0.1, 0.15) is 17.5 Å². The van der Waals surface area contributed by atoms with E-state index in [9.17, 15) is 0 Å². The van der Waals surface area contributed by atoms with Crippen LogP contribution in [0.2, 0.25) is 0 Å². The summed E-state index contributed by atoms with van der Waals surface area (Å²) in [5.41, 5.74) is 2.62. The SMILES string of the molecule is CN=C(NCCCOCCOC)NCc1ccccc1CN(C)C.I. The van der Waals surface area contributed by atoms with Gasteiger partial charge in [0.25, 0.3) is 0 Å². The maximum absolute atomic E-state index is 5.44. The van der Waals surface area contributed by atoms with Gasteiger partial charge >= 0.3 is 0 Å². The summed E-state index contributed by atoms with van der Waals surface area (Å²) >= 11 is 0. The molecule has 0 unspecified atom stereocenters. The Morgan fingerprint density at radius 3 is 2.44 bits per heavy atom. The first-order valence-electron chi connectivity index (χ1n) is 8.40. The fraction of sp³-hybridized carbons (Fsp3) is 0.611. The van der Waals surface area contributed by atoms with E-state index < -0.39 is 0 Å². The molecule has 0 fully saturated rings. The average Bonchev–Trinajstić information content (AvgIpc) is 2.57. The Balaban J connectivity index is 0.00000576. The summed E-state index contributed by atoms with van der Waals surface area (Å²) in [6.07, 6.45) is 0.932. The summed E-state index contributed by atoms with van der Waals surface area (Å²) in [6, 6.07) is 8.48. The lowest BCUT2D eigenvalue weighted by Crippen LogP contribution is -2.37. The topological polar surface area (TPSA) is 58.1 Å². The number of methoxy groups -OCH3 is 1.